The lowest BCUT2D eigenvalue weighted by Gasteiger charge is -2.17. The minimum Gasteiger partial charge on any atom is -0.350 e. The minimum atomic E-state index is -0.275. The van der Waals surface area contributed by atoms with E-state index in [9.17, 15) is 9.18 Å². The van der Waals surface area contributed by atoms with Crippen LogP contribution in [0.15, 0.2) is 60.8 Å². The van der Waals surface area contributed by atoms with E-state index >= 15 is 0 Å². The molecule has 3 aromatic rings. The van der Waals surface area contributed by atoms with Crippen LogP contribution in [-0.2, 0) is 13.0 Å². The summed E-state index contributed by atoms with van der Waals surface area (Å²) >= 11 is 0. The molecule has 130 valence electrons. The van der Waals surface area contributed by atoms with E-state index in [2.05, 4.69) is 15.3 Å². The van der Waals surface area contributed by atoms with E-state index < -0.39 is 0 Å². The van der Waals surface area contributed by atoms with Crippen molar-refractivity contribution in [3.63, 3.8) is 0 Å². The molecule has 4 rings (SSSR count). The van der Waals surface area contributed by atoms with Crippen molar-refractivity contribution in [1.29, 1.82) is 0 Å². The summed E-state index contributed by atoms with van der Waals surface area (Å²) in [5.74, 6) is -0.0432. The van der Waals surface area contributed by atoms with Crippen molar-refractivity contribution < 1.29 is 9.18 Å². The van der Waals surface area contributed by atoms with E-state index in [-0.39, 0.29) is 11.7 Å². The number of carbonyl (C=O) groups is 1. The second-order valence-corrected chi connectivity index (χ2v) is 6.08. The molecule has 0 saturated carbocycles. The van der Waals surface area contributed by atoms with Gasteiger partial charge < -0.3 is 10.2 Å². The molecule has 2 heterocycles. The molecule has 0 bridgehead atoms. The average molecular weight is 348 g/mol. The Morgan fingerprint density at radius 3 is 2.77 bits per heavy atom. The van der Waals surface area contributed by atoms with Gasteiger partial charge in [-0.1, -0.05) is 30.3 Å². The molecular weight excluding hydrogens is 331 g/mol. The molecule has 0 unspecified atom stereocenters. The first-order valence-electron chi connectivity index (χ1n) is 8.42. The van der Waals surface area contributed by atoms with Crippen LogP contribution in [0, 0.1) is 5.82 Å². The molecule has 2 aromatic carbocycles. The van der Waals surface area contributed by atoms with Crippen LogP contribution in [0.25, 0.3) is 0 Å². The van der Waals surface area contributed by atoms with E-state index in [1.54, 1.807) is 29.3 Å². The molecule has 5 nitrogen and oxygen atoms in total. The normalized spacial score (nSPS) is 12.7. The molecule has 6 heteroatoms. The van der Waals surface area contributed by atoms with Gasteiger partial charge in [-0.25, -0.2) is 14.4 Å². The van der Waals surface area contributed by atoms with Gasteiger partial charge in [-0.2, -0.15) is 0 Å². The largest absolute Gasteiger partial charge is 0.350 e. The zero-order chi connectivity index (χ0) is 17.9. The standard InChI is InChI=1S/C20H17FN4O/c21-16-7-5-14(6-8-16)13-23-20-22-11-9-17(24-20)19(26)25-12-10-15-3-1-2-4-18(15)25/h1-9,11H,10,12-13H2,(H,22,23,24). The number of amides is 1. The first-order chi connectivity index (χ1) is 12.7. The van der Waals surface area contributed by atoms with E-state index in [4.69, 9.17) is 0 Å². The summed E-state index contributed by atoms with van der Waals surface area (Å²) in [5.41, 5.74) is 3.36. The topological polar surface area (TPSA) is 58.1 Å². The van der Waals surface area contributed by atoms with Crippen molar-refractivity contribution in [2.75, 3.05) is 16.8 Å². The van der Waals surface area contributed by atoms with Crippen molar-refractivity contribution in [2.45, 2.75) is 13.0 Å². The molecule has 0 aliphatic carbocycles. The Morgan fingerprint density at radius 1 is 1.12 bits per heavy atom. The van der Waals surface area contributed by atoms with Gasteiger partial charge in [0.05, 0.1) is 0 Å². The van der Waals surface area contributed by atoms with Gasteiger partial charge in [0.1, 0.15) is 11.5 Å². The number of hydrogen-bond acceptors (Lipinski definition) is 4. The number of benzene rings is 2. The van der Waals surface area contributed by atoms with Gasteiger partial charge in [-0.05, 0) is 41.8 Å². The van der Waals surface area contributed by atoms with Gasteiger partial charge in [-0.15, -0.1) is 0 Å². The summed E-state index contributed by atoms with van der Waals surface area (Å²) in [6, 6.07) is 15.7. The maximum absolute atomic E-state index is 13.0. The fourth-order valence-electron chi connectivity index (χ4n) is 3.03. The van der Waals surface area contributed by atoms with Crippen molar-refractivity contribution >= 4 is 17.5 Å². The lowest BCUT2D eigenvalue weighted by atomic mass is 10.2. The predicted molar refractivity (Wildman–Crippen MR) is 97.6 cm³/mol. The SMILES string of the molecule is O=C(c1ccnc(NCc2ccc(F)cc2)n1)N1CCc2ccccc21. The van der Waals surface area contributed by atoms with Crippen molar-refractivity contribution in [2.24, 2.45) is 0 Å². The minimum absolute atomic E-state index is 0.137. The second-order valence-electron chi connectivity index (χ2n) is 6.08. The number of aromatic nitrogens is 2. The summed E-state index contributed by atoms with van der Waals surface area (Å²) in [6.45, 7) is 1.10. The number of fused-ring (bicyclic) bond motifs is 1. The molecule has 1 N–H and O–H groups in total. The van der Waals surface area contributed by atoms with Crippen LogP contribution in [0.3, 0.4) is 0 Å². The van der Waals surface area contributed by atoms with E-state index in [1.165, 1.54) is 17.7 Å². The summed E-state index contributed by atoms with van der Waals surface area (Å²) in [7, 11) is 0. The lowest BCUT2D eigenvalue weighted by Crippen LogP contribution is -2.29. The summed E-state index contributed by atoms with van der Waals surface area (Å²) < 4.78 is 13.0. The average Bonchev–Trinajstić information content (AvgIpc) is 3.11. The highest BCUT2D eigenvalue weighted by Gasteiger charge is 2.26. The van der Waals surface area contributed by atoms with E-state index in [1.807, 2.05) is 24.3 Å². The monoisotopic (exact) mass is 348 g/mol. The number of rotatable bonds is 4. The lowest BCUT2D eigenvalue weighted by molar-refractivity contribution is 0.0984. The fourth-order valence-corrected chi connectivity index (χ4v) is 3.03. The number of nitrogens with one attached hydrogen (secondary N) is 1. The zero-order valence-electron chi connectivity index (χ0n) is 14.0. The predicted octanol–water partition coefficient (Wildman–Crippen LogP) is 3.43. The third-order valence-electron chi connectivity index (χ3n) is 4.37. The Hall–Kier alpha value is -3.28. The maximum atomic E-state index is 13.0. The van der Waals surface area contributed by atoms with Gasteiger partial charge >= 0.3 is 0 Å². The first-order valence-corrected chi connectivity index (χ1v) is 8.42. The van der Waals surface area contributed by atoms with Gasteiger partial charge in [-0.3, -0.25) is 4.79 Å². The molecular formula is C20H17FN4O. The number of nitrogens with zero attached hydrogens (tertiary/aromatic N) is 3. The first kappa shape index (κ1) is 16.2. The smallest absolute Gasteiger partial charge is 0.277 e. The van der Waals surface area contributed by atoms with Crippen LogP contribution in [-0.4, -0.2) is 22.4 Å². The van der Waals surface area contributed by atoms with Crippen molar-refractivity contribution in [3.8, 4) is 0 Å². The number of halogens is 1. The number of para-hydroxylation sites is 1. The summed E-state index contributed by atoms with van der Waals surface area (Å²) in [5, 5.41) is 3.07. The van der Waals surface area contributed by atoms with Crippen LogP contribution in [0.1, 0.15) is 21.6 Å². The zero-order valence-corrected chi connectivity index (χ0v) is 14.0. The van der Waals surface area contributed by atoms with Gasteiger partial charge in [0.2, 0.25) is 5.95 Å². The molecule has 0 saturated heterocycles. The number of carbonyl (C=O) groups excluding carboxylic acids is 1. The Morgan fingerprint density at radius 2 is 1.92 bits per heavy atom. The molecule has 1 aromatic heterocycles. The van der Waals surface area contributed by atoms with Crippen LogP contribution < -0.4 is 10.2 Å². The Balaban J connectivity index is 1.49. The van der Waals surface area contributed by atoms with Gasteiger partial charge in [0.25, 0.3) is 5.91 Å². The highest BCUT2D eigenvalue weighted by Crippen LogP contribution is 2.28. The second kappa shape index (κ2) is 6.92. The highest BCUT2D eigenvalue weighted by molar-refractivity contribution is 6.06. The molecule has 1 amide bonds. The Bertz CT molecular complexity index is 943. The van der Waals surface area contributed by atoms with Gasteiger partial charge in [0, 0.05) is 25.0 Å². The fraction of sp³-hybridized carbons (Fsp3) is 0.150. The Labute approximate surface area is 150 Å². The van der Waals surface area contributed by atoms with Gasteiger partial charge in [0.15, 0.2) is 0 Å². The van der Waals surface area contributed by atoms with Crippen molar-refractivity contribution in [1.82, 2.24) is 9.97 Å². The molecule has 0 atom stereocenters. The summed E-state index contributed by atoms with van der Waals surface area (Å²) in [4.78, 5) is 23.1. The molecule has 26 heavy (non-hydrogen) atoms. The van der Waals surface area contributed by atoms with Crippen LogP contribution in [0.4, 0.5) is 16.0 Å². The van der Waals surface area contributed by atoms with Crippen LogP contribution >= 0.6 is 0 Å². The van der Waals surface area contributed by atoms with E-state index in [0.717, 1.165) is 17.7 Å². The third-order valence-corrected chi connectivity index (χ3v) is 4.37. The Kier molecular flexibility index (Phi) is 4.31. The summed E-state index contributed by atoms with van der Waals surface area (Å²) in [6.07, 6.45) is 2.41. The maximum Gasteiger partial charge on any atom is 0.277 e. The quantitative estimate of drug-likeness (QED) is 0.785. The van der Waals surface area contributed by atoms with Crippen molar-refractivity contribution in [3.05, 3.63) is 83.4 Å². The molecule has 1 aliphatic rings. The third kappa shape index (κ3) is 3.26. The molecule has 0 fully saturated rings. The highest BCUT2D eigenvalue weighted by atomic mass is 19.1. The molecule has 1 aliphatic heterocycles. The van der Waals surface area contributed by atoms with E-state index in [0.29, 0.717) is 24.7 Å². The number of anilines is 2. The van der Waals surface area contributed by atoms with Crippen LogP contribution in [0.5, 0.6) is 0 Å². The number of hydrogen-bond donors (Lipinski definition) is 1. The molecule has 0 spiro atoms. The van der Waals surface area contributed by atoms with Crippen LogP contribution in [0.2, 0.25) is 0 Å². The molecule has 0 radical (unpaired) electrons.